The van der Waals surface area contributed by atoms with Crippen LogP contribution in [0.15, 0.2) is 212 Å². The Morgan fingerprint density at radius 1 is 0.283 bits per heavy atom. The summed E-state index contributed by atoms with van der Waals surface area (Å²) in [5, 5.41) is 2.42. The molecule has 0 amide bonds. The molecule has 12 rings (SSSR count). The van der Waals surface area contributed by atoms with E-state index in [1.165, 1.54) is 33.0 Å². The Hall–Kier alpha value is -7.95. The monoisotopic (exact) mass is 765 g/mol. The number of fused-ring (bicyclic) bond motifs is 10. The number of hydrogen-bond donors (Lipinski definition) is 0. The van der Waals surface area contributed by atoms with E-state index >= 15 is 0 Å². The molecule has 0 saturated heterocycles. The topological polar surface area (TPSA) is 47.9 Å². The quantitative estimate of drug-likeness (QED) is 0.175. The lowest BCUT2D eigenvalue weighted by atomic mass is 9.65. The van der Waals surface area contributed by atoms with Crippen LogP contribution in [0.25, 0.3) is 78.3 Å². The van der Waals surface area contributed by atoms with Crippen molar-refractivity contribution < 1.29 is 4.74 Å². The Labute approximate surface area is 348 Å². The van der Waals surface area contributed by atoms with Gasteiger partial charge in [-0.25, -0.2) is 15.0 Å². The molecule has 2 heterocycles. The van der Waals surface area contributed by atoms with E-state index in [1.54, 1.807) is 0 Å². The Kier molecular flexibility index (Phi) is 7.72. The third-order valence-electron chi connectivity index (χ3n) is 12.2. The zero-order valence-electron chi connectivity index (χ0n) is 32.5. The Morgan fingerprint density at radius 2 is 0.817 bits per heavy atom. The summed E-state index contributed by atoms with van der Waals surface area (Å²) < 4.78 is 6.83. The van der Waals surface area contributed by atoms with E-state index in [2.05, 4.69) is 194 Å². The largest absolute Gasteiger partial charge is 0.457 e. The van der Waals surface area contributed by atoms with Crippen molar-refractivity contribution in [2.24, 2.45) is 0 Å². The van der Waals surface area contributed by atoms with Crippen LogP contribution in [-0.4, -0.2) is 15.0 Å². The summed E-state index contributed by atoms with van der Waals surface area (Å²) in [6.07, 6.45) is 0. The van der Waals surface area contributed by atoms with Gasteiger partial charge in [-0.2, -0.15) is 0 Å². The number of aromatic nitrogens is 3. The zero-order chi connectivity index (χ0) is 39.6. The van der Waals surface area contributed by atoms with E-state index in [1.807, 2.05) is 18.2 Å². The van der Waals surface area contributed by atoms with Gasteiger partial charge in [0.25, 0.3) is 0 Å². The predicted molar refractivity (Wildman–Crippen MR) is 242 cm³/mol. The normalized spacial score (nSPS) is 14.5. The molecule has 1 unspecified atom stereocenters. The van der Waals surface area contributed by atoms with Crippen molar-refractivity contribution in [2.75, 3.05) is 0 Å². The number of rotatable bonds is 5. The maximum atomic E-state index is 6.83. The fourth-order valence-electron chi connectivity index (χ4n) is 9.41. The zero-order valence-corrected chi connectivity index (χ0v) is 32.5. The van der Waals surface area contributed by atoms with Gasteiger partial charge >= 0.3 is 0 Å². The second kappa shape index (κ2) is 13.6. The lowest BCUT2D eigenvalue weighted by molar-refractivity contribution is 0.436. The Morgan fingerprint density at radius 3 is 1.63 bits per heavy atom. The number of hydrogen-bond acceptors (Lipinski definition) is 4. The first kappa shape index (κ1) is 34.1. The summed E-state index contributed by atoms with van der Waals surface area (Å²) >= 11 is 0. The Balaban J connectivity index is 1.06. The van der Waals surface area contributed by atoms with Crippen LogP contribution in [0.1, 0.15) is 22.3 Å². The highest BCUT2D eigenvalue weighted by molar-refractivity contribution is 5.91. The summed E-state index contributed by atoms with van der Waals surface area (Å²) in [6, 6.07) is 75.0. The van der Waals surface area contributed by atoms with Crippen molar-refractivity contribution in [3.63, 3.8) is 0 Å². The molecule has 1 aliphatic carbocycles. The van der Waals surface area contributed by atoms with Gasteiger partial charge in [0.15, 0.2) is 17.5 Å². The van der Waals surface area contributed by atoms with E-state index in [4.69, 9.17) is 19.7 Å². The molecule has 9 aromatic carbocycles. The number of nitrogens with zero attached hydrogens (tertiary/aromatic N) is 3. The smallest absolute Gasteiger partial charge is 0.164 e. The van der Waals surface area contributed by atoms with Gasteiger partial charge in [-0.05, 0) is 85.6 Å². The van der Waals surface area contributed by atoms with Gasteiger partial charge in [-0.1, -0.05) is 182 Å². The standard InChI is InChI=1S/C56H35N3O/c1-3-14-36(15-4-1)42-29-31-49-52(35-42)60-51-25-12-11-24-48(51)56(49)47-23-10-9-22-45(47)46-30-28-44(34-50(46)56)55-58-53(38-17-5-2-6-18-38)57-54(59-55)43-21-13-20-40(33-43)41-27-26-37-16-7-8-19-39(37)32-41/h1-35H. The summed E-state index contributed by atoms with van der Waals surface area (Å²) in [4.78, 5) is 15.6. The van der Waals surface area contributed by atoms with E-state index < -0.39 is 5.41 Å². The van der Waals surface area contributed by atoms with Gasteiger partial charge in [-0.3, -0.25) is 0 Å². The first-order valence-electron chi connectivity index (χ1n) is 20.3. The Bertz CT molecular complexity index is 3300. The third-order valence-corrected chi connectivity index (χ3v) is 12.2. The van der Waals surface area contributed by atoms with Gasteiger partial charge in [-0.15, -0.1) is 0 Å². The predicted octanol–water partition coefficient (Wildman–Crippen LogP) is 13.8. The number of ether oxygens (including phenoxy) is 1. The lowest BCUT2D eigenvalue weighted by Crippen LogP contribution is -2.32. The highest BCUT2D eigenvalue weighted by atomic mass is 16.5. The molecule has 0 fully saturated rings. The minimum absolute atomic E-state index is 0.615. The van der Waals surface area contributed by atoms with Crippen molar-refractivity contribution in [3.8, 4) is 79.0 Å². The maximum absolute atomic E-state index is 6.83. The van der Waals surface area contributed by atoms with Crippen molar-refractivity contribution in [1.29, 1.82) is 0 Å². The molecule has 1 aromatic heterocycles. The highest BCUT2D eigenvalue weighted by Gasteiger charge is 2.51. The molecule has 0 N–H and O–H groups in total. The minimum atomic E-state index is -0.645. The second-order valence-corrected chi connectivity index (χ2v) is 15.5. The van der Waals surface area contributed by atoms with E-state index in [0.29, 0.717) is 17.5 Å². The maximum Gasteiger partial charge on any atom is 0.164 e. The fourth-order valence-corrected chi connectivity index (χ4v) is 9.41. The summed E-state index contributed by atoms with van der Waals surface area (Å²) in [5.74, 6) is 3.56. The van der Waals surface area contributed by atoms with Gasteiger partial charge < -0.3 is 4.74 Å². The molecule has 0 bridgehead atoms. The summed E-state index contributed by atoms with van der Waals surface area (Å²) in [7, 11) is 0. The van der Waals surface area contributed by atoms with Crippen molar-refractivity contribution in [1.82, 2.24) is 15.0 Å². The van der Waals surface area contributed by atoms with E-state index in [9.17, 15) is 0 Å². The van der Waals surface area contributed by atoms with Crippen molar-refractivity contribution >= 4 is 10.8 Å². The molecule has 1 spiro atoms. The van der Waals surface area contributed by atoms with Crippen LogP contribution < -0.4 is 4.74 Å². The number of benzene rings is 9. The average molecular weight is 766 g/mol. The molecule has 10 aromatic rings. The second-order valence-electron chi connectivity index (χ2n) is 15.5. The summed E-state index contributed by atoms with van der Waals surface area (Å²) in [6.45, 7) is 0. The van der Waals surface area contributed by atoms with Crippen LogP contribution in [0.5, 0.6) is 11.5 Å². The molecule has 1 aliphatic heterocycles. The third kappa shape index (κ3) is 5.35. The molecule has 1 atom stereocenters. The molecule has 280 valence electrons. The van der Waals surface area contributed by atoms with Crippen molar-refractivity contribution in [2.45, 2.75) is 5.41 Å². The lowest BCUT2D eigenvalue weighted by Gasteiger charge is -2.39. The van der Waals surface area contributed by atoms with Crippen LogP contribution >= 0.6 is 0 Å². The number of para-hydroxylation sites is 1. The first-order valence-corrected chi connectivity index (χ1v) is 20.3. The first-order chi connectivity index (χ1) is 29.7. The minimum Gasteiger partial charge on any atom is -0.457 e. The van der Waals surface area contributed by atoms with Crippen LogP contribution in [-0.2, 0) is 5.41 Å². The fraction of sp³-hybridized carbons (Fsp3) is 0.0179. The van der Waals surface area contributed by atoms with Gasteiger partial charge in [0, 0.05) is 27.8 Å². The molecular weight excluding hydrogens is 731 g/mol. The van der Waals surface area contributed by atoms with Crippen LogP contribution in [0.2, 0.25) is 0 Å². The molecule has 2 aliphatic rings. The molecule has 4 heteroatoms. The molecule has 0 radical (unpaired) electrons. The average Bonchev–Trinajstić information content (AvgIpc) is 3.61. The highest BCUT2D eigenvalue weighted by Crippen LogP contribution is 2.62. The molecule has 0 saturated carbocycles. The van der Waals surface area contributed by atoms with Crippen molar-refractivity contribution in [3.05, 3.63) is 235 Å². The van der Waals surface area contributed by atoms with Crippen LogP contribution in [0.3, 0.4) is 0 Å². The molecular formula is C56H35N3O. The molecule has 4 nitrogen and oxygen atoms in total. The summed E-state index contributed by atoms with van der Waals surface area (Å²) in [5.41, 5.74) is 13.6. The van der Waals surface area contributed by atoms with Gasteiger partial charge in [0.2, 0.25) is 0 Å². The van der Waals surface area contributed by atoms with Gasteiger partial charge in [0.1, 0.15) is 11.5 Å². The SMILES string of the molecule is c1ccc(-c2ccc3c(c2)Oc2ccccc2C32c3ccccc3-c3ccc(-c4nc(-c5ccccc5)nc(-c5cccc(-c6ccc7ccccc7c6)c5)n4)cc32)cc1. The van der Waals surface area contributed by atoms with Crippen LogP contribution in [0, 0.1) is 0 Å². The van der Waals surface area contributed by atoms with E-state index in [-0.39, 0.29) is 0 Å². The van der Waals surface area contributed by atoms with E-state index in [0.717, 1.165) is 61.6 Å². The van der Waals surface area contributed by atoms with Crippen LogP contribution in [0.4, 0.5) is 0 Å². The van der Waals surface area contributed by atoms with Gasteiger partial charge in [0.05, 0.1) is 5.41 Å². The molecule has 60 heavy (non-hydrogen) atoms.